The molecular weight excluding hydrogens is 426 g/mol. The van der Waals surface area contributed by atoms with Crippen molar-refractivity contribution in [2.24, 2.45) is 0 Å². The van der Waals surface area contributed by atoms with Crippen LogP contribution in [0.5, 0.6) is 0 Å². The van der Waals surface area contributed by atoms with E-state index in [2.05, 4.69) is 5.32 Å². The number of nitro groups is 1. The minimum atomic E-state index is -0.599. The maximum atomic E-state index is 13.1. The van der Waals surface area contributed by atoms with E-state index in [0.29, 0.717) is 12.3 Å². The van der Waals surface area contributed by atoms with Crippen molar-refractivity contribution < 1.29 is 14.5 Å². The Kier molecular flexibility index (Phi) is 9.71. The molecule has 0 fully saturated rings. The maximum Gasteiger partial charge on any atom is 0.269 e. The molecule has 0 saturated heterocycles. The van der Waals surface area contributed by atoms with Crippen LogP contribution in [-0.2, 0) is 21.9 Å². The third-order valence-electron chi connectivity index (χ3n) is 5.28. The van der Waals surface area contributed by atoms with Crippen molar-refractivity contribution in [3.05, 3.63) is 75.3 Å². The summed E-state index contributed by atoms with van der Waals surface area (Å²) in [4.78, 5) is 37.8. The van der Waals surface area contributed by atoms with Gasteiger partial charge in [0, 0.05) is 30.5 Å². The predicted molar refractivity (Wildman–Crippen MR) is 128 cm³/mol. The van der Waals surface area contributed by atoms with Crippen LogP contribution in [0.1, 0.15) is 43.9 Å². The van der Waals surface area contributed by atoms with E-state index in [4.69, 9.17) is 0 Å². The largest absolute Gasteiger partial charge is 0.352 e. The fourth-order valence-electron chi connectivity index (χ4n) is 2.99. The van der Waals surface area contributed by atoms with E-state index in [9.17, 15) is 19.7 Å². The van der Waals surface area contributed by atoms with Gasteiger partial charge in [-0.2, -0.15) is 0 Å². The Balaban J connectivity index is 2.05. The molecule has 7 nitrogen and oxygen atoms in total. The molecule has 2 rings (SSSR count). The Morgan fingerprint density at radius 2 is 1.66 bits per heavy atom. The van der Waals surface area contributed by atoms with Crippen molar-refractivity contribution >= 4 is 29.3 Å². The molecule has 0 radical (unpaired) electrons. The molecule has 0 aliphatic heterocycles. The highest BCUT2D eigenvalue weighted by atomic mass is 32.2. The fraction of sp³-hybridized carbons (Fsp3) is 0.417. The molecule has 32 heavy (non-hydrogen) atoms. The molecule has 0 spiro atoms. The summed E-state index contributed by atoms with van der Waals surface area (Å²) in [5.74, 6) is 0.476. The number of benzene rings is 2. The van der Waals surface area contributed by atoms with Gasteiger partial charge in [0.15, 0.2) is 0 Å². The minimum Gasteiger partial charge on any atom is -0.352 e. The number of hydrogen-bond donors (Lipinski definition) is 1. The van der Waals surface area contributed by atoms with Crippen molar-refractivity contribution in [3.63, 3.8) is 0 Å². The standard InChI is InChI=1S/C24H31N3O4S/c1-5-18(3)25-24(29)19(4)26(14-20-8-6-17(2)7-9-20)23(28)16-32-15-21-10-12-22(13-11-21)27(30)31/h6-13,18-19H,5,14-16H2,1-4H3,(H,25,29). The van der Waals surface area contributed by atoms with Crippen molar-refractivity contribution in [3.8, 4) is 0 Å². The summed E-state index contributed by atoms with van der Waals surface area (Å²) in [5.41, 5.74) is 3.04. The lowest BCUT2D eigenvalue weighted by Gasteiger charge is -2.29. The number of nitrogens with zero attached hydrogens (tertiary/aromatic N) is 2. The van der Waals surface area contributed by atoms with Crippen molar-refractivity contribution in [2.75, 3.05) is 5.75 Å². The smallest absolute Gasteiger partial charge is 0.269 e. The predicted octanol–water partition coefficient (Wildman–Crippen LogP) is 4.47. The molecule has 0 saturated carbocycles. The van der Waals surface area contributed by atoms with Gasteiger partial charge in [-0.15, -0.1) is 11.8 Å². The van der Waals surface area contributed by atoms with E-state index in [1.165, 1.54) is 23.9 Å². The molecule has 2 aromatic rings. The van der Waals surface area contributed by atoms with Crippen molar-refractivity contribution in [2.45, 2.75) is 58.5 Å². The lowest BCUT2D eigenvalue weighted by atomic mass is 10.1. The summed E-state index contributed by atoms with van der Waals surface area (Å²) < 4.78 is 0. The summed E-state index contributed by atoms with van der Waals surface area (Å²) in [5, 5.41) is 13.7. The van der Waals surface area contributed by atoms with E-state index < -0.39 is 11.0 Å². The fourth-order valence-corrected chi connectivity index (χ4v) is 3.86. The molecule has 0 aliphatic carbocycles. The molecule has 2 aromatic carbocycles. The monoisotopic (exact) mass is 457 g/mol. The molecule has 8 heteroatoms. The summed E-state index contributed by atoms with van der Waals surface area (Å²) in [6.45, 7) is 8.05. The van der Waals surface area contributed by atoms with Crippen LogP contribution in [0.4, 0.5) is 5.69 Å². The van der Waals surface area contributed by atoms with Gasteiger partial charge < -0.3 is 10.2 Å². The second kappa shape index (κ2) is 12.2. The second-order valence-corrected chi connectivity index (χ2v) is 8.90. The highest BCUT2D eigenvalue weighted by Gasteiger charge is 2.26. The maximum absolute atomic E-state index is 13.1. The average Bonchev–Trinajstić information content (AvgIpc) is 2.78. The Hall–Kier alpha value is -2.87. The van der Waals surface area contributed by atoms with Gasteiger partial charge in [-0.05, 0) is 38.3 Å². The number of carbonyl (C=O) groups is 2. The van der Waals surface area contributed by atoms with Gasteiger partial charge in [0.1, 0.15) is 6.04 Å². The van der Waals surface area contributed by atoms with E-state index in [1.54, 1.807) is 24.0 Å². The average molecular weight is 458 g/mol. The van der Waals surface area contributed by atoms with Crippen molar-refractivity contribution in [1.29, 1.82) is 0 Å². The van der Waals surface area contributed by atoms with Gasteiger partial charge in [0.05, 0.1) is 10.7 Å². The number of nitro benzene ring substituents is 1. The van der Waals surface area contributed by atoms with E-state index in [1.807, 2.05) is 45.0 Å². The van der Waals surface area contributed by atoms with Crippen LogP contribution in [0.2, 0.25) is 0 Å². The number of carbonyl (C=O) groups excluding carboxylic acids is 2. The number of thioether (sulfide) groups is 1. The highest BCUT2D eigenvalue weighted by molar-refractivity contribution is 7.99. The van der Waals surface area contributed by atoms with E-state index in [0.717, 1.165) is 23.1 Å². The first kappa shape index (κ1) is 25.4. The van der Waals surface area contributed by atoms with Gasteiger partial charge in [0.2, 0.25) is 11.8 Å². The molecule has 172 valence electrons. The first-order valence-corrected chi connectivity index (χ1v) is 11.8. The number of non-ortho nitro benzene ring substituents is 1. The minimum absolute atomic E-state index is 0.0396. The molecule has 2 unspecified atom stereocenters. The normalized spacial score (nSPS) is 12.6. The Morgan fingerprint density at radius 1 is 1.06 bits per heavy atom. The van der Waals surface area contributed by atoms with Crippen LogP contribution in [0, 0.1) is 17.0 Å². The third-order valence-corrected chi connectivity index (χ3v) is 6.27. The van der Waals surface area contributed by atoms with Crippen LogP contribution in [0.15, 0.2) is 48.5 Å². The Morgan fingerprint density at radius 3 is 2.22 bits per heavy atom. The first-order chi connectivity index (χ1) is 15.2. The Labute approximate surface area is 193 Å². The molecule has 0 aliphatic rings. The van der Waals surface area contributed by atoms with Crippen LogP contribution >= 0.6 is 11.8 Å². The number of nitrogens with one attached hydrogen (secondary N) is 1. The molecule has 1 N–H and O–H groups in total. The highest BCUT2D eigenvalue weighted by Crippen LogP contribution is 2.19. The summed E-state index contributed by atoms with van der Waals surface area (Å²) >= 11 is 1.42. The summed E-state index contributed by atoms with van der Waals surface area (Å²) in [7, 11) is 0. The number of hydrogen-bond acceptors (Lipinski definition) is 5. The molecule has 0 aromatic heterocycles. The topological polar surface area (TPSA) is 92.6 Å². The zero-order valence-corrected chi connectivity index (χ0v) is 19.9. The summed E-state index contributed by atoms with van der Waals surface area (Å²) in [6.07, 6.45) is 0.815. The SMILES string of the molecule is CCC(C)NC(=O)C(C)N(Cc1ccc(C)cc1)C(=O)CSCc1ccc([N+](=O)[O-])cc1. The van der Waals surface area contributed by atoms with E-state index in [-0.39, 0.29) is 29.3 Å². The first-order valence-electron chi connectivity index (χ1n) is 10.7. The second-order valence-electron chi connectivity index (χ2n) is 7.92. The number of amides is 2. The summed E-state index contributed by atoms with van der Waals surface area (Å²) in [6, 6.07) is 13.7. The van der Waals surface area contributed by atoms with Crippen LogP contribution in [0.25, 0.3) is 0 Å². The molecule has 2 amide bonds. The molecule has 2 atom stereocenters. The van der Waals surface area contributed by atoms with Gasteiger partial charge in [0.25, 0.3) is 5.69 Å². The zero-order valence-electron chi connectivity index (χ0n) is 19.0. The zero-order chi connectivity index (χ0) is 23.7. The van der Waals surface area contributed by atoms with Crippen molar-refractivity contribution in [1.82, 2.24) is 10.2 Å². The number of rotatable bonds is 11. The van der Waals surface area contributed by atoms with Gasteiger partial charge in [-0.1, -0.05) is 48.9 Å². The van der Waals surface area contributed by atoms with Crippen LogP contribution < -0.4 is 5.32 Å². The lowest BCUT2D eigenvalue weighted by Crippen LogP contribution is -2.50. The van der Waals surface area contributed by atoms with Crippen LogP contribution in [0.3, 0.4) is 0 Å². The van der Waals surface area contributed by atoms with Gasteiger partial charge in [-0.25, -0.2) is 0 Å². The van der Waals surface area contributed by atoms with Gasteiger partial charge in [-0.3, -0.25) is 19.7 Å². The van der Waals surface area contributed by atoms with E-state index >= 15 is 0 Å². The lowest BCUT2D eigenvalue weighted by molar-refractivity contribution is -0.384. The quantitative estimate of drug-likeness (QED) is 0.397. The van der Waals surface area contributed by atoms with Crippen LogP contribution in [-0.4, -0.2) is 39.5 Å². The molecule has 0 heterocycles. The Bertz CT molecular complexity index is 916. The van der Waals surface area contributed by atoms with Gasteiger partial charge >= 0.3 is 0 Å². The molecular formula is C24H31N3O4S. The third kappa shape index (κ3) is 7.67. The molecule has 0 bridgehead atoms. The number of aryl methyl sites for hydroxylation is 1.